The van der Waals surface area contributed by atoms with Gasteiger partial charge in [-0.1, -0.05) is 31.3 Å². The van der Waals surface area contributed by atoms with E-state index in [1.165, 1.54) is 0 Å². The van der Waals surface area contributed by atoms with Crippen molar-refractivity contribution in [3.05, 3.63) is 46.2 Å². The van der Waals surface area contributed by atoms with Gasteiger partial charge in [0.25, 0.3) is 5.91 Å². The maximum absolute atomic E-state index is 12.8. The van der Waals surface area contributed by atoms with E-state index in [1.54, 1.807) is 23.5 Å². The summed E-state index contributed by atoms with van der Waals surface area (Å²) >= 11 is 4.98. The molecule has 1 fully saturated rings. The second kappa shape index (κ2) is 8.77. The van der Waals surface area contributed by atoms with Gasteiger partial charge < -0.3 is 15.0 Å². The summed E-state index contributed by atoms with van der Waals surface area (Å²) in [7, 11) is 0. The molecule has 1 aliphatic heterocycles. The van der Waals surface area contributed by atoms with Crippen LogP contribution in [0, 0.1) is 5.92 Å². The number of aromatic nitrogens is 2. The molecule has 1 saturated heterocycles. The molecule has 0 spiro atoms. The van der Waals surface area contributed by atoms with Crippen LogP contribution in [0.2, 0.25) is 0 Å². The van der Waals surface area contributed by atoms with Crippen LogP contribution in [0.4, 0.5) is 10.8 Å². The zero-order chi connectivity index (χ0) is 20.4. The van der Waals surface area contributed by atoms with Crippen LogP contribution < -0.4 is 10.2 Å². The van der Waals surface area contributed by atoms with Crippen molar-refractivity contribution in [2.45, 2.75) is 20.3 Å². The molecule has 6 nitrogen and oxygen atoms in total. The second-order valence-electron chi connectivity index (χ2n) is 7.47. The van der Waals surface area contributed by atoms with E-state index in [0.717, 1.165) is 59.3 Å². The smallest absolute Gasteiger partial charge is 0.274 e. The number of nitrogens with zero attached hydrogens (tertiary/aromatic N) is 3. The predicted molar refractivity (Wildman–Crippen MR) is 121 cm³/mol. The van der Waals surface area contributed by atoms with Crippen LogP contribution in [0.3, 0.4) is 0 Å². The molecule has 1 aromatic carbocycles. The Labute approximate surface area is 182 Å². The van der Waals surface area contributed by atoms with Crippen LogP contribution in [0.25, 0.3) is 10.2 Å². The highest BCUT2D eigenvalue weighted by Crippen LogP contribution is 2.34. The molecule has 2 aromatic heterocycles. The van der Waals surface area contributed by atoms with Crippen molar-refractivity contribution in [3.63, 3.8) is 0 Å². The average Bonchev–Trinajstić information content (AvgIpc) is 3.11. The van der Waals surface area contributed by atoms with E-state index in [4.69, 9.17) is 9.72 Å². The van der Waals surface area contributed by atoms with E-state index >= 15 is 0 Å². The highest BCUT2D eigenvalue weighted by Gasteiger charge is 2.18. The molecule has 3 aromatic rings. The van der Waals surface area contributed by atoms with Crippen LogP contribution in [-0.2, 0) is 11.2 Å². The van der Waals surface area contributed by atoms with Gasteiger partial charge in [-0.2, -0.15) is 0 Å². The number of thiazole rings is 1. The number of fused-ring (bicyclic) bond motifs is 1. The molecule has 1 amide bonds. The number of nitrogens with one attached hydrogen (secondary N) is 1. The molecule has 4 rings (SSSR count). The zero-order valence-corrected chi connectivity index (χ0v) is 18.8. The summed E-state index contributed by atoms with van der Waals surface area (Å²) < 4.78 is 7.16. The van der Waals surface area contributed by atoms with Crippen LogP contribution in [0.5, 0.6) is 0 Å². The number of hydrogen-bond acceptors (Lipinski definition) is 6. The van der Waals surface area contributed by atoms with Gasteiger partial charge in [-0.25, -0.2) is 9.97 Å². The van der Waals surface area contributed by atoms with Crippen molar-refractivity contribution in [2.24, 2.45) is 5.92 Å². The van der Waals surface area contributed by atoms with E-state index in [2.05, 4.69) is 51.0 Å². The normalized spacial score (nSPS) is 14.6. The van der Waals surface area contributed by atoms with Crippen molar-refractivity contribution < 1.29 is 9.53 Å². The summed E-state index contributed by atoms with van der Waals surface area (Å²) in [6, 6.07) is 9.48. The molecule has 152 valence electrons. The highest BCUT2D eigenvalue weighted by atomic mass is 79.9. The number of halogens is 1. The van der Waals surface area contributed by atoms with Crippen LogP contribution >= 0.6 is 27.3 Å². The lowest BCUT2D eigenvalue weighted by molar-refractivity contribution is 0.102. The molecule has 1 aliphatic rings. The molecular formula is C21H23BrN4O2S. The minimum Gasteiger partial charge on any atom is -0.378 e. The summed E-state index contributed by atoms with van der Waals surface area (Å²) in [6.45, 7) is 7.52. The van der Waals surface area contributed by atoms with Crippen molar-refractivity contribution in [1.82, 2.24) is 9.97 Å². The van der Waals surface area contributed by atoms with Gasteiger partial charge in [0.2, 0.25) is 0 Å². The summed E-state index contributed by atoms with van der Waals surface area (Å²) in [5.41, 5.74) is 3.28. The lowest BCUT2D eigenvalue weighted by Gasteiger charge is -2.25. The van der Waals surface area contributed by atoms with E-state index in [9.17, 15) is 4.79 Å². The standard InChI is InChI=1S/C21H23BrN4O2S/c1-13(2)10-14-11-17-18(29-21(25-17)26-6-8-28-9-7-26)12-16(14)24-20(27)15-4-3-5-19(22)23-15/h3-5,11-13H,6-10H2,1-2H3,(H,24,27). The quantitative estimate of drug-likeness (QED) is 0.540. The number of pyridine rings is 1. The first-order chi connectivity index (χ1) is 14.0. The van der Waals surface area contributed by atoms with Gasteiger partial charge in [-0.05, 0) is 58.1 Å². The van der Waals surface area contributed by atoms with E-state index in [1.807, 2.05) is 12.1 Å². The van der Waals surface area contributed by atoms with Crippen molar-refractivity contribution >= 4 is 54.2 Å². The largest absolute Gasteiger partial charge is 0.378 e. The van der Waals surface area contributed by atoms with Gasteiger partial charge in [-0.3, -0.25) is 4.79 Å². The average molecular weight is 475 g/mol. The van der Waals surface area contributed by atoms with E-state index in [-0.39, 0.29) is 5.91 Å². The molecule has 0 atom stereocenters. The predicted octanol–water partition coefficient (Wildman–Crippen LogP) is 4.74. The minimum atomic E-state index is -0.214. The maximum atomic E-state index is 12.8. The van der Waals surface area contributed by atoms with Crippen LogP contribution in [0.15, 0.2) is 34.9 Å². The van der Waals surface area contributed by atoms with Gasteiger partial charge >= 0.3 is 0 Å². The lowest BCUT2D eigenvalue weighted by atomic mass is 10.0. The molecule has 0 aliphatic carbocycles. The molecule has 1 N–H and O–H groups in total. The van der Waals surface area contributed by atoms with Gasteiger partial charge in [0.05, 0.1) is 23.4 Å². The Morgan fingerprint density at radius 2 is 2.07 bits per heavy atom. The number of carbonyl (C=O) groups is 1. The summed E-state index contributed by atoms with van der Waals surface area (Å²) in [6.07, 6.45) is 0.863. The van der Waals surface area contributed by atoms with Crippen molar-refractivity contribution in [1.29, 1.82) is 0 Å². The van der Waals surface area contributed by atoms with Gasteiger partial charge in [0.15, 0.2) is 5.13 Å². The molecule has 3 heterocycles. The summed E-state index contributed by atoms with van der Waals surface area (Å²) in [5.74, 6) is 0.248. The molecule has 29 heavy (non-hydrogen) atoms. The first-order valence-corrected chi connectivity index (χ1v) is 11.3. The number of amides is 1. The lowest BCUT2D eigenvalue weighted by Crippen LogP contribution is -2.36. The SMILES string of the molecule is CC(C)Cc1cc2nc(N3CCOCC3)sc2cc1NC(=O)c1cccc(Br)n1. The zero-order valence-electron chi connectivity index (χ0n) is 16.4. The topological polar surface area (TPSA) is 67.3 Å². The Balaban J connectivity index is 1.67. The molecular weight excluding hydrogens is 452 g/mol. The van der Waals surface area contributed by atoms with E-state index < -0.39 is 0 Å². The second-order valence-corrected chi connectivity index (χ2v) is 9.29. The Bertz CT molecular complexity index is 1030. The highest BCUT2D eigenvalue weighted by molar-refractivity contribution is 9.10. The number of carbonyl (C=O) groups excluding carboxylic acids is 1. The summed E-state index contributed by atoms with van der Waals surface area (Å²) in [4.78, 5) is 24.1. The molecule has 0 bridgehead atoms. The third-order valence-electron chi connectivity index (χ3n) is 4.71. The van der Waals surface area contributed by atoms with Crippen molar-refractivity contribution in [3.8, 4) is 0 Å². The number of rotatable bonds is 5. The molecule has 0 saturated carbocycles. The van der Waals surface area contributed by atoms with Crippen LogP contribution in [0.1, 0.15) is 29.9 Å². The Morgan fingerprint density at radius 1 is 1.28 bits per heavy atom. The number of hydrogen-bond donors (Lipinski definition) is 1. The Kier molecular flexibility index (Phi) is 6.12. The molecule has 0 radical (unpaired) electrons. The van der Waals surface area contributed by atoms with Gasteiger partial charge in [0.1, 0.15) is 10.3 Å². The number of benzene rings is 1. The fraction of sp³-hybridized carbons (Fsp3) is 0.381. The monoisotopic (exact) mass is 474 g/mol. The molecule has 0 unspecified atom stereocenters. The number of anilines is 2. The van der Waals surface area contributed by atoms with Crippen LogP contribution in [-0.4, -0.2) is 42.2 Å². The van der Waals surface area contributed by atoms with E-state index in [0.29, 0.717) is 16.2 Å². The molecule has 8 heteroatoms. The maximum Gasteiger partial charge on any atom is 0.274 e. The number of morpholine rings is 1. The third kappa shape index (κ3) is 4.76. The Morgan fingerprint density at radius 3 is 2.79 bits per heavy atom. The fourth-order valence-electron chi connectivity index (χ4n) is 3.34. The minimum absolute atomic E-state index is 0.214. The first kappa shape index (κ1) is 20.3. The van der Waals surface area contributed by atoms with Gasteiger partial charge in [0, 0.05) is 18.8 Å². The fourth-order valence-corrected chi connectivity index (χ4v) is 4.72. The first-order valence-electron chi connectivity index (χ1n) is 9.69. The van der Waals surface area contributed by atoms with Crippen molar-refractivity contribution in [2.75, 3.05) is 36.5 Å². The van der Waals surface area contributed by atoms with Gasteiger partial charge in [-0.15, -0.1) is 0 Å². The number of ether oxygens (including phenoxy) is 1. The Hall–Kier alpha value is -2.03. The third-order valence-corrected chi connectivity index (χ3v) is 6.23. The summed E-state index contributed by atoms with van der Waals surface area (Å²) in [5, 5.41) is 4.07.